The molecule has 1 aliphatic rings. The number of halogens is 3. The first-order chi connectivity index (χ1) is 8.58. The second-order valence-corrected chi connectivity index (χ2v) is 4.55. The highest BCUT2D eigenvalue weighted by atomic mass is 35.5. The predicted octanol–water partition coefficient (Wildman–Crippen LogP) is 2.04. The Bertz CT molecular complexity index is 656. The Hall–Kier alpha value is -1.69. The van der Waals surface area contributed by atoms with Crippen molar-refractivity contribution < 1.29 is 8.78 Å². The Morgan fingerprint density at radius 1 is 1.39 bits per heavy atom. The standard InChI is InChI=1S/C11H8ClF2N3O/c12-10-6(13)3-5(4-7(10)14)8-1-2-9-15-16-11(18)17(8)9/h3-4,8H,1-2H2,(H,16,18). The molecule has 0 radical (unpaired) electrons. The Balaban J connectivity index is 2.13. The molecule has 1 aromatic carbocycles. The number of hydrogen-bond donors (Lipinski definition) is 1. The van der Waals surface area contributed by atoms with Gasteiger partial charge in [0.2, 0.25) is 0 Å². The second kappa shape index (κ2) is 3.91. The molecular formula is C11H8ClF2N3O. The van der Waals surface area contributed by atoms with Crippen LogP contribution in [-0.4, -0.2) is 14.8 Å². The van der Waals surface area contributed by atoms with Gasteiger partial charge >= 0.3 is 5.69 Å². The molecule has 94 valence electrons. The highest BCUT2D eigenvalue weighted by Crippen LogP contribution is 2.31. The van der Waals surface area contributed by atoms with Gasteiger partial charge in [-0.3, -0.25) is 4.57 Å². The molecular weight excluding hydrogens is 264 g/mol. The number of H-pyrrole nitrogens is 1. The normalized spacial score (nSPS) is 18.1. The number of aryl methyl sites for hydroxylation is 1. The van der Waals surface area contributed by atoms with Crippen LogP contribution in [0, 0.1) is 11.6 Å². The van der Waals surface area contributed by atoms with E-state index in [2.05, 4.69) is 10.2 Å². The molecule has 1 atom stereocenters. The molecule has 3 rings (SSSR count). The van der Waals surface area contributed by atoms with Crippen molar-refractivity contribution in [3.8, 4) is 0 Å². The summed E-state index contributed by atoms with van der Waals surface area (Å²) in [5.41, 5.74) is 0.0138. The zero-order valence-electron chi connectivity index (χ0n) is 9.08. The van der Waals surface area contributed by atoms with Gasteiger partial charge in [0, 0.05) is 6.42 Å². The fourth-order valence-corrected chi connectivity index (χ4v) is 2.42. The van der Waals surface area contributed by atoms with Crippen LogP contribution < -0.4 is 5.69 Å². The smallest absolute Gasteiger partial charge is 0.271 e. The first-order valence-corrected chi connectivity index (χ1v) is 5.76. The van der Waals surface area contributed by atoms with Crippen LogP contribution in [0.1, 0.15) is 23.9 Å². The van der Waals surface area contributed by atoms with Crippen molar-refractivity contribution >= 4 is 11.6 Å². The molecule has 4 nitrogen and oxygen atoms in total. The minimum atomic E-state index is -0.823. The van der Waals surface area contributed by atoms with Crippen molar-refractivity contribution in [3.63, 3.8) is 0 Å². The fraction of sp³-hybridized carbons (Fsp3) is 0.273. The summed E-state index contributed by atoms with van der Waals surface area (Å²) in [5.74, 6) is -1.05. The van der Waals surface area contributed by atoms with Gasteiger partial charge in [0.1, 0.15) is 22.5 Å². The average molecular weight is 272 g/mol. The maximum atomic E-state index is 13.4. The monoisotopic (exact) mass is 271 g/mol. The molecule has 7 heteroatoms. The van der Waals surface area contributed by atoms with E-state index in [9.17, 15) is 13.6 Å². The topological polar surface area (TPSA) is 50.7 Å². The van der Waals surface area contributed by atoms with Crippen LogP contribution in [0.2, 0.25) is 5.02 Å². The second-order valence-electron chi connectivity index (χ2n) is 4.17. The van der Waals surface area contributed by atoms with Crippen LogP contribution in [0.15, 0.2) is 16.9 Å². The van der Waals surface area contributed by atoms with Gasteiger partial charge in [-0.25, -0.2) is 18.7 Å². The summed E-state index contributed by atoms with van der Waals surface area (Å²) in [6.07, 6.45) is 1.18. The summed E-state index contributed by atoms with van der Waals surface area (Å²) in [6, 6.07) is 1.92. The van der Waals surface area contributed by atoms with Gasteiger partial charge in [0.15, 0.2) is 0 Å². The molecule has 0 saturated carbocycles. The summed E-state index contributed by atoms with van der Waals surface area (Å²) in [6.45, 7) is 0. The van der Waals surface area contributed by atoms with Gasteiger partial charge in [0.25, 0.3) is 0 Å². The van der Waals surface area contributed by atoms with E-state index in [-0.39, 0.29) is 5.69 Å². The Morgan fingerprint density at radius 3 is 2.72 bits per heavy atom. The predicted molar refractivity (Wildman–Crippen MR) is 60.7 cm³/mol. The van der Waals surface area contributed by atoms with E-state index in [1.807, 2.05) is 0 Å². The van der Waals surface area contributed by atoms with Gasteiger partial charge in [-0.2, -0.15) is 5.10 Å². The van der Waals surface area contributed by atoms with Gasteiger partial charge in [-0.15, -0.1) is 0 Å². The van der Waals surface area contributed by atoms with Crippen molar-refractivity contribution in [3.05, 3.63) is 50.7 Å². The van der Waals surface area contributed by atoms with Crippen LogP contribution in [0.4, 0.5) is 8.78 Å². The van der Waals surface area contributed by atoms with Crippen LogP contribution in [-0.2, 0) is 6.42 Å². The lowest BCUT2D eigenvalue weighted by atomic mass is 10.0. The van der Waals surface area contributed by atoms with Crippen molar-refractivity contribution in [2.24, 2.45) is 0 Å². The fourth-order valence-electron chi connectivity index (χ4n) is 2.31. The van der Waals surface area contributed by atoms with Crippen LogP contribution in [0.3, 0.4) is 0 Å². The number of fused-ring (bicyclic) bond motifs is 1. The zero-order valence-corrected chi connectivity index (χ0v) is 9.84. The molecule has 0 aliphatic carbocycles. The molecule has 0 amide bonds. The third kappa shape index (κ3) is 1.56. The lowest BCUT2D eigenvalue weighted by Gasteiger charge is -2.12. The summed E-state index contributed by atoms with van der Waals surface area (Å²) in [4.78, 5) is 11.6. The highest BCUT2D eigenvalue weighted by Gasteiger charge is 2.28. The van der Waals surface area contributed by atoms with E-state index in [0.29, 0.717) is 24.2 Å². The number of nitrogens with one attached hydrogen (secondary N) is 1. The number of rotatable bonds is 1. The van der Waals surface area contributed by atoms with Crippen molar-refractivity contribution in [2.75, 3.05) is 0 Å². The Kier molecular flexibility index (Phi) is 2.48. The number of aromatic nitrogens is 3. The Labute approximate surface area is 105 Å². The maximum Gasteiger partial charge on any atom is 0.343 e. The largest absolute Gasteiger partial charge is 0.343 e. The minimum Gasteiger partial charge on any atom is -0.271 e. The van der Waals surface area contributed by atoms with E-state index in [4.69, 9.17) is 11.6 Å². The number of aromatic amines is 1. The highest BCUT2D eigenvalue weighted by molar-refractivity contribution is 6.30. The molecule has 2 heterocycles. The molecule has 1 unspecified atom stereocenters. The zero-order chi connectivity index (χ0) is 12.9. The number of nitrogens with zero attached hydrogens (tertiary/aromatic N) is 2. The van der Waals surface area contributed by atoms with Crippen molar-refractivity contribution in [1.29, 1.82) is 0 Å². The number of benzene rings is 1. The summed E-state index contributed by atoms with van der Waals surface area (Å²) >= 11 is 5.43. The summed E-state index contributed by atoms with van der Waals surface area (Å²) in [5, 5.41) is 5.64. The SMILES string of the molecule is O=c1[nH]nc2n1C(c1cc(F)c(Cl)c(F)c1)CC2. The molecule has 0 fully saturated rings. The number of hydrogen-bond acceptors (Lipinski definition) is 2. The molecule has 0 spiro atoms. The lowest BCUT2D eigenvalue weighted by molar-refractivity contribution is 0.554. The third-order valence-corrected chi connectivity index (χ3v) is 3.48. The lowest BCUT2D eigenvalue weighted by Crippen LogP contribution is -2.20. The quantitative estimate of drug-likeness (QED) is 0.807. The van der Waals surface area contributed by atoms with Gasteiger partial charge in [0.05, 0.1) is 6.04 Å². The van der Waals surface area contributed by atoms with Gasteiger partial charge < -0.3 is 0 Å². The van der Waals surface area contributed by atoms with Crippen LogP contribution in [0.5, 0.6) is 0 Å². The van der Waals surface area contributed by atoms with Crippen molar-refractivity contribution in [1.82, 2.24) is 14.8 Å². The van der Waals surface area contributed by atoms with Crippen molar-refractivity contribution in [2.45, 2.75) is 18.9 Å². The molecule has 1 N–H and O–H groups in total. The van der Waals surface area contributed by atoms with Gasteiger partial charge in [-0.05, 0) is 24.1 Å². The molecule has 1 aliphatic heterocycles. The molecule has 1 aromatic heterocycles. The maximum absolute atomic E-state index is 13.4. The molecule has 0 bridgehead atoms. The van der Waals surface area contributed by atoms with Crippen LogP contribution >= 0.6 is 11.6 Å². The van der Waals surface area contributed by atoms with E-state index in [1.165, 1.54) is 4.57 Å². The van der Waals surface area contributed by atoms with E-state index in [1.54, 1.807) is 0 Å². The third-order valence-electron chi connectivity index (χ3n) is 3.12. The average Bonchev–Trinajstić information content (AvgIpc) is 2.89. The minimum absolute atomic E-state index is 0.372. The van der Waals surface area contributed by atoms with E-state index in [0.717, 1.165) is 12.1 Å². The van der Waals surface area contributed by atoms with Gasteiger partial charge in [-0.1, -0.05) is 11.6 Å². The summed E-state index contributed by atoms with van der Waals surface area (Å²) < 4.78 is 28.2. The molecule has 0 saturated heterocycles. The first kappa shape index (κ1) is 11.4. The molecule has 18 heavy (non-hydrogen) atoms. The first-order valence-electron chi connectivity index (χ1n) is 5.38. The van der Waals surface area contributed by atoms with Crippen LogP contribution in [0.25, 0.3) is 0 Å². The Morgan fingerprint density at radius 2 is 2.06 bits per heavy atom. The summed E-state index contributed by atoms with van der Waals surface area (Å²) in [7, 11) is 0. The molecule has 2 aromatic rings. The van der Waals surface area contributed by atoms with E-state index >= 15 is 0 Å². The van der Waals surface area contributed by atoms with E-state index < -0.39 is 22.7 Å².